The third kappa shape index (κ3) is 4.57. The number of hydrogen-bond acceptors (Lipinski definition) is 4. The number of aryl methyl sites for hydroxylation is 1. The predicted molar refractivity (Wildman–Crippen MR) is 137 cm³/mol. The average Bonchev–Trinajstić information content (AvgIpc) is 3.33. The van der Waals surface area contributed by atoms with Crippen molar-refractivity contribution in [1.82, 2.24) is 9.55 Å². The molecule has 2 heterocycles. The molecule has 1 N–H and O–H groups in total. The zero-order valence-electron chi connectivity index (χ0n) is 19.4. The number of hydrogen-bond donors (Lipinski definition) is 1. The maximum absolute atomic E-state index is 12.9. The number of anilines is 2. The molecule has 3 aromatic carbocycles. The van der Waals surface area contributed by atoms with Crippen LogP contribution in [0, 0.1) is 0 Å². The van der Waals surface area contributed by atoms with Gasteiger partial charge in [0.25, 0.3) is 15.9 Å². The number of sulfonamides is 1. The van der Waals surface area contributed by atoms with Gasteiger partial charge in [-0.2, -0.15) is 0 Å². The van der Waals surface area contributed by atoms with E-state index >= 15 is 0 Å². The van der Waals surface area contributed by atoms with E-state index in [0.717, 1.165) is 30.8 Å². The fraction of sp³-hybridized carbons (Fsp3) is 0.185. The topological polar surface area (TPSA) is 84.3 Å². The van der Waals surface area contributed by atoms with Crippen LogP contribution >= 0.6 is 0 Å². The Balaban J connectivity index is 1.28. The van der Waals surface area contributed by atoms with E-state index in [-0.39, 0.29) is 10.8 Å². The Morgan fingerprint density at radius 2 is 1.66 bits per heavy atom. The summed E-state index contributed by atoms with van der Waals surface area (Å²) in [5, 5.41) is 2.87. The monoisotopic (exact) mass is 486 g/mol. The van der Waals surface area contributed by atoms with Gasteiger partial charge >= 0.3 is 0 Å². The molecule has 0 spiro atoms. The number of carbonyl (C=O) groups is 1. The summed E-state index contributed by atoms with van der Waals surface area (Å²) < 4.78 is 29.4. The number of aromatic nitrogens is 2. The molecular formula is C27H26N4O3S. The molecular weight excluding hydrogens is 460 g/mol. The standard InChI is InChI=1S/C27H26N4O3S/c1-30(23-7-3-2-4-8-23)35(33,34)25-16-12-21(13-17-25)27(32)29-22-14-10-20(11-15-22)26-28-19-24-9-5-6-18-31(24)26/h2-4,7-8,10-17,19H,5-6,9,18H2,1H3,(H,29,32). The summed E-state index contributed by atoms with van der Waals surface area (Å²) in [5.74, 6) is 0.645. The SMILES string of the molecule is CN(c1ccccc1)S(=O)(=O)c1ccc(C(=O)Nc2ccc(-c3ncc4n3CCCC4)cc2)cc1. The minimum absolute atomic E-state index is 0.118. The largest absolute Gasteiger partial charge is 0.328 e. The van der Waals surface area contributed by atoms with Crippen molar-refractivity contribution in [2.75, 3.05) is 16.7 Å². The van der Waals surface area contributed by atoms with Crippen molar-refractivity contribution in [3.63, 3.8) is 0 Å². The Bertz CT molecular complexity index is 1440. The van der Waals surface area contributed by atoms with E-state index in [4.69, 9.17) is 0 Å². The van der Waals surface area contributed by atoms with Crippen LogP contribution in [0.2, 0.25) is 0 Å². The molecule has 0 saturated heterocycles. The van der Waals surface area contributed by atoms with Gasteiger partial charge in [0, 0.05) is 42.3 Å². The van der Waals surface area contributed by atoms with Crippen LogP contribution in [0.25, 0.3) is 11.4 Å². The number of para-hydroxylation sites is 1. The summed E-state index contributed by atoms with van der Waals surface area (Å²) in [5.41, 5.74) is 3.87. The van der Waals surface area contributed by atoms with E-state index in [2.05, 4.69) is 14.9 Å². The molecule has 35 heavy (non-hydrogen) atoms. The van der Waals surface area contributed by atoms with Crippen molar-refractivity contribution in [1.29, 1.82) is 0 Å². The quantitative estimate of drug-likeness (QED) is 0.417. The zero-order valence-corrected chi connectivity index (χ0v) is 20.2. The third-order valence-electron chi connectivity index (χ3n) is 6.30. The molecule has 178 valence electrons. The van der Waals surface area contributed by atoms with Crippen molar-refractivity contribution < 1.29 is 13.2 Å². The number of nitrogens with one attached hydrogen (secondary N) is 1. The van der Waals surface area contributed by atoms with Gasteiger partial charge in [-0.3, -0.25) is 9.10 Å². The lowest BCUT2D eigenvalue weighted by molar-refractivity contribution is 0.102. The van der Waals surface area contributed by atoms with Gasteiger partial charge in [-0.1, -0.05) is 18.2 Å². The molecule has 8 heteroatoms. The molecule has 1 aliphatic heterocycles. The number of imidazole rings is 1. The van der Waals surface area contributed by atoms with E-state index in [1.807, 2.05) is 36.5 Å². The smallest absolute Gasteiger partial charge is 0.264 e. The van der Waals surface area contributed by atoms with Crippen LogP contribution in [0.1, 0.15) is 28.9 Å². The van der Waals surface area contributed by atoms with Crippen LogP contribution in [-0.4, -0.2) is 30.9 Å². The maximum atomic E-state index is 12.9. The number of benzene rings is 3. The number of carbonyl (C=O) groups excluding carboxylic acids is 1. The fourth-order valence-corrected chi connectivity index (χ4v) is 5.48. The van der Waals surface area contributed by atoms with Gasteiger partial charge < -0.3 is 9.88 Å². The molecule has 0 radical (unpaired) electrons. The number of amides is 1. The first kappa shape index (κ1) is 22.9. The van der Waals surface area contributed by atoms with Gasteiger partial charge in [0.2, 0.25) is 0 Å². The predicted octanol–water partition coefficient (Wildman–Crippen LogP) is 4.96. The van der Waals surface area contributed by atoms with Crippen LogP contribution in [0.15, 0.2) is 90.0 Å². The summed E-state index contributed by atoms with van der Waals surface area (Å²) in [6.07, 6.45) is 5.37. The zero-order chi connectivity index (χ0) is 24.4. The van der Waals surface area contributed by atoms with E-state index in [1.54, 1.807) is 24.3 Å². The van der Waals surface area contributed by atoms with E-state index < -0.39 is 10.0 Å². The van der Waals surface area contributed by atoms with Crippen LogP contribution in [-0.2, 0) is 23.0 Å². The van der Waals surface area contributed by atoms with Gasteiger partial charge in [-0.05, 0) is 79.9 Å². The molecule has 1 aliphatic rings. The van der Waals surface area contributed by atoms with Gasteiger partial charge in [-0.25, -0.2) is 13.4 Å². The highest BCUT2D eigenvalue weighted by molar-refractivity contribution is 7.92. The van der Waals surface area contributed by atoms with Gasteiger partial charge in [0.1, 0.15) is 5.82 Å². The highest BCUT2D eigenvalue weighted by atomic mass is 32.2. The van der Waals surface area contributed by atoms with Gasteiger partial charge in [0.05, 0.1) is 10.6 Å². The second-order valence-corrected chi connectivity index (χ2v) is 10.5. The Labute approximate surface area is 205 Å². The Hall–Kier alpha value is -3.91. The van der Waals surface area contributed by atoms with Crippen LogP contribution in [0.4, 0.5) is 11.4 Å². The van der Waals surface area contributed by atoms with Crippen LogP contribution < -0.4 is 9.62 Å². The van der Waals surface area contributed by atoms with Crippen molar-refractivity contribution in [2.24, 2.45) is 0 Å². The molecule has 4 aromatic rings. The van der Waals surface area contributed by atoms with Crippen molar-refractivity contribution in [3.8, 4) is 11.4 Å². The lowest BCUT2D eigenvalue weighted by atomic mass is 10.1. The lowest BCUT2D eigenvalue weighted by Gasteiger charge is -2.19. The fourth-order valence-electron chi connectivity index (χ4n) is 4.29. The van der Waals surface area contributed by atoms with Crippen molar-refractivity contribution >= 4 is 27.3 Å². The Morgan fingerprint density at radius 1 is 0.943 bits per heavy atom. The first-order valence-electron chi connectivity index (χ1n) is 11.5. The van der Waals surface area contributed by atoms with Crippen molar-refractivity contribution in [3.05, 3.63) is 96.3 Å². The highest BCUT2D eigenvalue weighted by Gasteiger charge is 2.21. The third-order valence-corrected chi connectivity index (χ3v) is 8.10. The molecule has 0 bridgehead atoms. The highest BCUT2D eigenvalue weighted by Crippen LogP contribution is 2.26. The minimum atomic E-state index is -3.73. The normalized spacial score (nSPS) is 13.2. The first-order valence-corrected chi connectivity index (χ1v) is 13.0. The number of fused-ring (bicyclic) bond motifs is 1. The summed E-state index contributed by atoms with van der Waals surface area (Å²) >= 11 is 0. The molecule has 1 aromatic heterocycles. The molecule has 0 unspecified atom stereocenters. The summed E-state index contributed by atoms with van der Waals surface area (Å²) in [7, 11) is -2.22. The lowest BCUT2D eigenvalue weighted by Crippen LogP contribution is -2.26. The summed E-state index contributed by atoms with van der Waals surface area (Å²) in [6.45, 7) is 0.982. The minimum Gasteiger partial charge on any atom is -0.328 e. The van der Waals surface area contributed by atoms with Gasteiger partial charge in [0.15, 0.2) is 0 Å². The summed E-state index contributed by atoms with van der Waals surface area (Å²) in [6, 6.07) is 22.4. The molecule has 0 saturated carbocycles. The Kier molecular flexibility index (Phi) is 6.13. The van der Waals surface area contributed by atoms with E-state index in [0.29, 0.717) is 16.9 Å². The van der Waals surface area contributed by atoms with E-state index in [9.17, 15) is 13.2 Å². The first-order chi connectivity index (χ1) is 16.9. The molecule has 1 amide bonds. The van der Waals surface area contributed by atoms with Gasteiger partial charge in [-0.15, -0.1) is 0 Å². The second-order valence-electron chi connectivity index (χ2n) is 8.55. The molecule has 7 nitrogen and oxygen atoms in total. The molecule has 0 atom stereocenters. The van der Waals surface area contributed by atoms with E-state index in [1.165, 1.54) is 47.7 Å². The molecule has 0 fully saturated rings. The second kappa shape index (κ2) is 9.38. The molecule has 5 rings (SSSR count). The Morgan fingerprint density at radius 3 is 2.37 bits per heavy atom. The average molecular weight is 487 g/mol. The molecule has 0 aliphatic carbocycles. The summed E-state index contributed by atoms with van der Waals surface area (Å²) in [4.78, 5) is 17.5. The number of nitrogens with zero attached hydrogens (tertiary/aromatic N) is 3. The van der Waals surface area contributed by atoms with Crippen LogP contribution in [0.3, 0.4) is 0 Å². The maximum Gasteiger partial charge on any atom is 0.264 e. The van der Waals surface area contributed by atoms with Crippen molar-refractivity contribution in [2.45, 2.75) is 30.7 Å². The van der Waals surface area contributed by atoms with Crippen LogP contribution in [0.5, 0.6) is 0 Å². The number of rotatable bonds is 6.